The number of nitrogens with zero attached hydrogens (tertiary/aromatic N) is 3. The number of hydrogen-bond acceptors (Lipinski definition) is 5. The van der Waals surface area contributed by atoms with Crippen molar-refractivity contribution in [2.24, 2.45) is 5.92 Å². The van der Waals surface area contributed by atoms with Gasteiger partial charge in [0.25, 0.3) is 0 Å². The van der Waals surface area contributed by atoms with Crippen LogP contribution in [0.25, 0.3) is 11.5 Å². The van der Waals surface area contributed by atoms with Gasteiger partial charge >= 0.3 is 5.97 Å². The maximum atomic E-state index is 11.0. The Morgan fingerprint density at radius 3 is 3.00 bits per heavy atom. The van der Waals surface area contributed by atoms with Gasteiger partial charge in [-0.05, 0) is 47.3 Å². The van der Waals surface area contributed by atoms with Crippen molar-refractivity contribution in [3.63, 3.8) is 0 Å². The second kappa shape index (κ2) is 5.32. The van der Waals surface area contributed by atoms with E-state index in [1.807, 2.05) is 12.1 Å². The van der Waals surface area contributed by atoms with Crippen molar-refractivity contribution in [2.45, 2.75) is 25.2 Å². The highest BCUT2D eigenvalue weighted by Gasteiger charge is 2.34. The molecule has 0 bridgehead atoms. The Bertz CT molecular complexity index is 643. The number of halogens is 1. The predicted octanol–water partition coefficient (Wildman–Crippen LogP) is 2.86. The van der Waals surface area contributed by atoms with Crippen molar-refractivity contribution in [1.82, 2.24) is 15.1 Å². The van der Waals surface area contributed by atoms with Gasteiger partial charge in [-0.25, -0.2) is 0 Å². The first kappa shape index (κ1) is 13.2. The fraction of sp³-hybridized carbons (Fsp3) is 0.385. The van der Waals surface area contributed by atoms with Crippen LogP contribution in [0, 0.1) is 5.92 Å². The Kier molecular flexibility index (Phi) is 3.52. The average Bonchev–Trinajstić information content (AvgIpc) is 3.08. The standard InChI is InChI=1S/C13H12BrN3O3/c14-9-2-1-5-15-10(9)11-16-12(20-17-11)7-3-4-8(6-7)13(18)19/h1-2,5,7-8H,3-4,6H2,(H,18,19). The van der Waals surface area contributed by atoms with E-state index in [0.717, 1.165) is 10.9 Å². The zero-order valence-corrected chi connectivity index (χ0v) is 12.1. The van der Waals surface area contributed by atoms with Gasteiger partial charge in [0.05, 0.1) is 5.92 Å². The summed E-state index contributed by atoms with van der Waals surface area (Å²) >= 11 is 3.39. The number of carboxylic acid groups (broad SMARTS) is 1. The predicted molar refractivity (Wildman–Crippen MR) is 72.9 cm³/mol. The van der Waals surface area contributed by atoms with Crippen LogP contribution in [0.15, 0.2) is 27.3 Å². The molecular weight excluding hydrogens is 326 g/mol. The molecule has 1 aliphatic rings. The van der Waals surface area contributed by atoms with Crippen LogP contribution in [0.4, 0.5) is 0 Å². The van der Waals surface area contributed by atoms with E-state index in [4.69, 9.17) is 9.63 Å². The summed E-state index contributed by atoms with van der Waals surface area (Å²) in [6.07, 6.45) is 3.64. The zero-order chi connectivity index (χ0) is 14.1. The Balaban J connectivity index is 1.81. The molecule has 0 saturated heterocycles. The van der Waals surface area contributed by atoms with E-state index in [9.17, 15) is 4.79 Å². The molecule has 1 saturated carbocycles. The van der Waals surface area contributed by atoms with E-state index in [1.54, 1.807) is 6.20 Å². The van der Waals surface area contributed by atoms with Crippen molar-refractivity contribution >= 4 is 21.9 Å². The summed E-state index contributed by atoms with van der Waals surface area (Å²) in [5.74, 6) is -0.107. The van der Waals surface area contributed by atoms with E-state index >= 15 is 0 Å². The summed E-state index contributed by atoms with van der Waals surface area (Å²) in [4.78, 5) is 19.5. The largest absolute Gasteiger partial charge is 0.481 e. The second-order valence-corrected chi connectivity index (χ2v) is 5.69. The molecule has 7 heteroatoms. The van der Waals surface area contributed by atoms with Crippen molar-refractivity contribution < 1.29 is 14.4 Å². The van der Waals surface area contributed by atoms with Gasteiger partial charge in [0, 0.05) is 16.6 Å². The monoisotopic (exact) mass is 337 g/mol. The summed E-state index contributed by atoms with van der Waals surface area (Å²) in [5, 5.41) is 13.0. The van der Waals surface area contributed by atoms with Crippen LogP contribution in [0.1, 0.15) is 31.1 Å². The summed E-state index contributed by atoms with van der Waals surface area (Å²) in [7, 11) is 0. The molecule has 1 aliphatic carbocycles. The maximum Gasteiger partial charge on any atom is 0.306 e. The smallest absolute Gasteiger partial charge is 0.306 e. The minimum absolute atomic E-state index is 0.0276. The zero-order valence-electron chi connectivity index (χ0n) is 10.5. The van der Waals surface area contributed by atoms with Gasteiger partial charge in [-0.2, -0.15) is 4.98 Å². The lowest BCUT2D eigenvalue weighted by molar-refractivity contribution is -0.141. The van der Waals surface area contributed by atoms with Crippen LogP contribution in [-0.2, 0) is 4.79 Å². The summed E-state index contributed by atoms with van der Waals surface area (Å²) in [6, 6.07) is 3.66. The van der Waals surface area contributed by atoms with E-state index in [2.05, 4.69) is 31.1 Å². The van der Waals surface area contributed by atoms with E-state index in [-0.39, 0.29) is 11.8 Å². The summed E-state index contributed by atoms with van der Waals surface area (Å²) < 4.78 is 6.06. The SMILES string of the molecule is O=C(O)C1CCC(c2nc(-c3ncccc3Br)no2)C1. The third-order valence-corrected chi connectivity index (χ3v) is 4.18. The number of pyridine rings is 1. The van der Waals surface area contributed by atoms with Gasteiger partial charge in [-0.3, -0.25) is 9.78 Å². The van der Waals surface area contributed by atoms with Crippen molar-refractivity contribution in [2.75, 3.05) is 0 Å². The van der Waals surface area contributed by atoms with Gasteiger partial charge in [-0.1, -0.05) is 5.16 Å². The first-order valence-corrected chi connectivity index (χ1v) is 7.11. The van der Waals surface area contributed by atoms with Crippen molar-refractivity contribution in [1.29, 1.82) is 0 Å². The third-order valence-electron chi connectivity index (χ3n) is 3.54. The molecule has 2 aromatic rings. The summed E-state index contributed by atoms with van der Waals surface area (Å²) in [5.41, 5.74) is 0.621. The molecule has 104 valence electrons. The third kappa shape index (κ3) is 2.45. The molecule has 0 spiro atoms. The molecule has 6 nitrogen and oxygen atoms in total. The van der Waals surface area contributed by atoms with Crippen LogP contribution in [0.5, 0.6) is 0 Å². The minimum Gasteiger partial charge on any atom is -0.481 e. The summed E-state index contributed by atoms with van der Waals surface area (Å²) in [6.45, 7) is 0. The lowest BCUT2D eigenvalue weighted by Crippen LogP contribution is -2.09. The van der Waals surface area contributed by atoms with Gasteiger partial charge < -0.3 is 9.63 Å². The average molecular weight is 338 g/mol. The number of rotatable bonds is 3. The molecule has 20 heavy (non-hydrogen) atoms. The maximum absolute atomic E-state index is 11.0. The van der Waals surface area contributed by atoms with Crippen LogP contribution >= 0.6 is 15.9 Å². The normalized spacial score (nSPS) is 22.1. The van der Waals surface area contributed by atoms with Crippen molar-refractivity contribution in [3.8, 4) is 11.5 Å². The molecule has 0 amide bonds. The van der Waals surface area contributed by atoms with E-state index in [1.165, 1.54) is 0 Å². The van der Waals surface area contributed by atoms with Crippen LogP contribution in [0.2, 0.25) is 0 Å². The molecule has 2 aromatic heterocycles. The van der Waals surface area contributed by atoms with Gasteiger partial charge in [0.15, 0.2) is 0 Å². The number of aliphatic carboxylic acids is 1. The quantitative estimate of drug-likeness (QED) is 0.926. The van der Waals surface area contributed by atoms with Gasteiger partial charge in [-0.15, -0.1) is 0 Å². The first-order chi connectivity index (χ1) is 9.65. The Morgan fingerprint density at radius 1 is 1.45 bits per heavy atom. The van der Waals surface area contributed by atoms with Gasteiger partial charge in [0.2, 0.25) is 11.7 Å². The van der Waals surface area contributed by atoms with Crippen molar-refractivity contribution in [3.05, 3.63) is 28.7 Å². The fourth-order valence-corrected chi connectivity index (χ4v) is 2.91. The Labute approximate surface area is 123 Å². The minimum atomic E-state index is -0.750. The lowest BCUT2D eigenvalue weighted by atomic mass is 10.1. The van der Waals surface area contributed by atoms with E-state index < -0.39 is 5.97 Å². The molecule has 1 N–H and O–H groups in total. The highest BCUT2D eigenvalue weighted by Crippen LogP contribution is 2.38. The molecule has 2 heterocycles. The highest BCUT2D eigenvalue weighted by molar-refractivity contribution is 9.10. The molecule has 1 fully saturated rings. The number of carboxylic acids is 1. The molecular formula is C13H12BrN3O3. The number of carbonyl (C=O) groups is 1. The first-order valence-electron chi connectivity index (χ1n) is 6.32. The van der Waals surface area contributed by atoms with Crippen LogP contribution in [0.3, 0.4) is 0 Å². The Morgan fingerprint density at radius 2 is 2.30 bits per heavy atom. The lowest BCUT2D eigenvalue weighted by Gasteiger charge is -2.02. The van der Waals surface area contributed by atoms with Gasteiger partial charge in [0.1, 0.15) is 5.69 Å². The highest BCUT2D eigenvalue weighted by atomic mass is 79.9. The van der Waals surface area contributed by atoms with Crippen LogP contribution in [-0.4, -0.2) is 26.2 Å². The van der Waals surface area contributed by atoms with Crippen LogP contribution < -0.4 is 0 Å². The molecule has 0 aliphatic heterocycles. The fourth-order valence-electron chi connectivity index (χ4n) is 2.48. The molecule has 0 aromatic carbocycles. The second-order valence-electron chi connectivity index (χ2n) is 4.84. The molecule has 2 unspecified atom stereocenters. The Hall–Kier alpha value is -1.76. The number of hydrogen-bond donors (Lipinski definition) is 1. The topological polar surface area (TPSA) is 89.1 Å². The number of aromatic nitrogens is 3. The molecule has 3 rings (SSSR count). The molecule has 0 radical (unpaired) electrons. The van der Waals surface area contributed by atoms with E-state index in [0.29, 0.717) is 30.3 Å². The molecule has 2 atom stereocenters.